The van der Waals surface area contributed by atoms with E-state index in [1.54, 1.807) is 16.8 Å². The number of nitrogens with one attached hydrogen (secondary N) is 1. The molecule has 3 N–H and O–H groups in total. The Hall–Kier alpha value is -2.73. The number of carbonyl (C=O) groups excluding carboxylic acids is 1. The van der Waals surface area contributed by atoms with Gasteiger partial charge in [-0.2, -0.15) is 5.10 Å². The second-order valence-electron chi connectivity index (χ2n) is 7.22. The van der Waals surface area contributed by atoms with Crippen molar-refractivity contribution in [2.75, 3.05) is 13.1 Å². The Labute approximate surface area is 151 Å². The molecule has 1 aliphatic heterocycles. The number of primary amides is 1. The highest BCUT2D eigenvalue weighted by molar-refractivity contribution is 6.04. The number of aromatic nitrogens is 2. The van der Waals surface area contributed by atoms with Crippen molar-refractivity contribution in [1.29, 1.82) is 0 Å². The van der Waals surface area contributed by atoms with Crippen LogP contribution in [-0.4, -0.2) is 34.9 Å². The van der Waals surface area contributed by atoms with Crippen LogP contribution < -0.4 is 11.1 Å². The largest absolute Gasteiger partial charge is 0.366 e. The number of halogens is 1. The zero-order valence-corrected chi connectivity index (χ0v) is 14.6. The molecule has 1 amide bonds. The van der Waals surface area contributed by atoms with Crippen molar-refractivity contribution in [2.24, 2.45) is 5.73 Å². The maximum atomic E-state index is 13.8. The molecule has 0 saturated carbocycles. The average molecular weight is 352 g/mol. The fourth-order valence-electron chi connectivity index (χ4n) is 3.75. The maximum Gasteiger partial charge on any atom is 0.250 e. The second kappa shape index (κ2) is 6.21. The van der Waals surface area contributed by atoms with Gasteiger partial charge in [-0.25, -0.2) is 9.07 Å². The molecule has 1 saturated heterocycles. The molecule has 0 spiro atoms. The highest BCUT2D eigenvalue weighted by Crippen LogP contribution is 2.32. The summed E-state index contributed by atoms with van der Waals surface area (Å²) in [4.78, 5) is 11.6. The summed E-state index contributed by atoms with van der Waals surface area (Å²) in [5.41, 5.74) is 8.20. The number of nitrogens with zero attached hydrogens (tertiary/aromatic N) is 2. The van der Waals surface area contributed by atoms with Crippen molar-refractivity contribution in [3.05, 3.63) is 59.8 Å². The first-order valence-electron chi connectivity index (χ1n) is 8.70. The monoisotopic (exact) mass is 352 g/mol. The Balaban J connectivity index is 1.68. The summed E-state index contributed by atoms with van der Waals surface area (Å²) in [5, 5.41) is 8.54. The minimum atomic E-state index is -0.822. The van der Waals surface area contributed by atoms with Gasteiger partial charge in [0.15, 0.2) is 0 Å². The lowest BCUT2D eigenvalue weighted by Crippen LogP contribution is -2.46. The number of amides is 1. The number of nitrogens with two attached hydrogens (primary N) is 1. The Morgan fingerprint density at radius 2 is 2.08 bits per heavy atom. The third kappa shape index (κ3) is 2.86. The van der Waals surface area contributed by atoms with Crippen LogP contribution in [0.2, 0.25) is 0 Å². The molecule has 6 heteroatoms. The van der Waals surface area contributed by atoms with E-state index in [0.717, 1.165) is 23.2 Å². The van der Waals surface area contributed by atoms with Gasteiger partial charge in [0.2, 0.25) is 0 Å². The summed E-state index contributed by atoms with van der Waals surface area (Å²) in [6, 6.07) is 13.4. The van der Waals surface area contributed by atoms with Gasteiger partial charge in [0.1, 0.15) is 11.7 Å². The van der Waals surface area contributed by atoms with Crippen LogP contribution >= 0.6 is 0 Å². The van der Waals surface area contributed by atoms with Crippen LogP contribution in [0, 0.1) is 0 Å². The molecular formula is C20H21FN4O. The van der Waals surface area contributed by atoms with Gasteiger partial charge in [0, 0.05) is 30.1 Å². The molecule has 134 valence electrons. The van der Waals surface area contributed by atoms with E-state index < -0.39 is 12.1 Å². The van der Waals surface area contributed by atoms with E-state index in [-0.39, 0.29) is 5.41 Å². The van der Waals surface area contributed by atoms with Crippen LogP contribution in [0.25, 0.3) is 16.6 Å². The van der Waals surface area contributed by atoms with Crippen molar-refractivity contribution in [1.82, 2.24) is 15.1 Å². The van der Waals surface area contributed by atoms with Gasteiger partial charge in [-0.1, -0.05) is 31.2 Å². The molecule has 2 aromatic carbocycles. The zero-order valence-electron chi connectivity index (χ0n) is 14.6. The van der Waals surface area contributed by atoms with E-state index >= 15 is 0 Å². The molecule has 2 heterocycles. The van der Waals surface area contributed by atoms with Gasteiger partial charge in [-0.15, -0.1) is 0 Å². The van der Waals surface area contributed by atoms with E-state index in [4.69, 9.17) is 5.73 Å². The highest BCUT2D eigenvalue weighted by atomic mass is 19.1. The Morgan fingerprint density at radius 1 is 1.31 bits per heavy atom. The van der Waals surface area contributed by atoms with Gasteiger partial charge in [-0.3, -0.25) is 4.79 Å². The predicted molar refractivity (Wildman–Crippen MR) is 99.3 cm³/mol. The first-order valence-corrected chi connectivity index (χ1v) is 8.70. The number of fused-ring (bicyclic) bond motifs is 1. The van der Waals surface area contributed by atoms with E-state index in [2.05, 4.69) is 17.3 Å². The van der Waals surface area contributed by atoms with Crippen molar-refractivity contribution < 1.29 is 9.18 Å². The lowest BCUT2D eigenvalue weighted by atomic mass is 9.76. The fraction of sp³-hybridized carbons (Fsp3) is 0.300. The van der Waals surface area contributed by atoms with Crippen LogP contribution in [0.5, 0.6) is 0 Å². The molecule has 26 heavy (non-hydrogen) atoms. The number of hydrogen-bond acceptors (Lipinski definition) is 3. The van der Waals surface area contributed by atoms with Crippen molar-refractivity contribution in [2.45, 2.75) is 24.9 Å². The third-order valence-corrected chi connectivity index (χ3v) is 5.18. The SMILES string of the molecule is C[C@@]1(c2ccc(-n3cc4cccc(C(N)=O)c4n3)cc2)CNC[C@@H](F)C1. The molecule has 1 fully saturated rings. The molecule has 4 rings (SSSR count). The number of benzene rings is 2. The molecule has 0 radical (unpaired) electrons. The molecule has 3 aromatic rings. The number of carbonyl (C=O) groups is 1. The third-order valence-electron chi connectivity index (χ3n) is 5.18. The molecule has 1 aliphatic rings. The van der Waals surface area contributed by atoms with Gasteiger partial charge in [-0.05, 0) is 30.2 Å². The smallest absolute Gasteiger partial charge is 0.250 e. The van der Waals surface area contributed by atoms with Crippen molar-refractivity contribution in [3.63, 3.8) is 0 Å². The summed E-state index contributed by atoms with van der Waals surface area (Å²) in [5.74, 6) is -0.491. The van der Waals surface area contributed by atoms with Crippen molar-refractivity contribution >= 4 is 16.8 Å². The minimum absolute atomic E-state index is 0.218. The molecule has 0 unspecified atom stereocenters. The zero-order chi connectivity index (χ0) is 18.3. The lowest BCUT2D eigenvalue weighted by Gasteiger charge is -2.36. The van der Waals surface area contributed by atoms with E-state index in [0.29, 0.717) is 24.0 Å². The molecule has 5 nitrogen and oxygen atoms in total. The Bertz CT molecular complexity index is 966. The van der Waals surface area contributed by atoms with E-state index in [9.17, 15) is 9.18 Å². The quantitative estimate of drug-likeness (QED) is 0.761. The number of hydrogen-bond donors (Lipinski definition) is 2. The van der Waals surface area contributed by atoms with Crippen LogP contribution in [0.15, 0.2) is 48.7 Å². The van der Waals surface area contributed by atoms with Gasteiger partial charge in [0.05, 0.1) is 11.3 Å². The number of rotatable bonds is 3. The predicted octanol–water partition coefficient (Wildman–Crippen LogP) is 2.71. The summed E-state index contributed by atoms with van der Waals surface area (Å²) < 4.78 is 15.6. The van der Waals surface area contributed by atoms with E-state index in [1.807, 2.05) is 36.5 Å². The second-order valence-corrected chi connectivity index (χ2v) is 7.22. The maximum absolute atomic E-state index is 13.8. The van der Waals surface area contributed by atoms with Gasteiger partial charge >= 0.3 is 0 Å². The fourth-order valence-corrected chi connectivity index (χ4v) is 3.75. The summed E-state index contributed by atoms with van der Waals surface area (Å²) in [6.07, 6.45) is 1.57. The minimum Gasteiger partial charge on any atom is -0.366 e. The molecule has 0 bridgehead atoms. The summed E-state index contributed by atoms with van der Waals surface area (Å²) in [6.45, 7) is 3.28. The Morgan fingerprint density at radius 3 is 2.77 bits per heavy atom. The van der Waals surface area contributed by atoms with Crippen LogP contribution in [0.1, 0.15) is 29.3 Å². The number of piperidine rings is 1. The van der Waals surface area contributed by atoms with Crippen LogP contribution in [-0.2, 0) is 5.41 Å². The molecular weight excluding hydrogens is 331 g/mol. The number of alkyl halides is 1. The van der Waals surface area contributed by atoms with Crippen LogP contribution in [0.4, 0.5) is 4.39 Å². The molecule has 0 aliphatic carbocycles. The summed E-state index contributed by atoms with van der Waals surface area (Å²) >= 11 is 0. The molecule has 2 atom stereocenters. The van der Waals surface area contributed by atoms with Gasteiger partial charge in [0.25, 0.3) is 5.91 Å². The average Bonchev–Trinajstić information content (AvgIpc) is 3.05. The first kappa shape index (κ1) is 16.7. The topological polar surface area (TPSA) is 72.9 Å². The van der Waals surface area contributed by atoms with Crippen LogP contribution in [0.3, 0.4) is 0 Å². The van der Waals surface area contributed by atoms with E-state index in [1.165, 1.54) is 0 Å². The standard InChI is InChI=1S/C20H21FN4O/c1-20(9-15(21)10-23-12-20)14-5-7-16(8-6-14)25-11-13-3-2-4-17(19(22)26)18(13)24-25/h2-8,11,15,23H,9-10,12H2,1H3,(H2,22,26)/t15-,20-/m0/s1. The Kier molecular flexibility index (Phi) is 4.00. The normalized spacial score (nSPS) is 23.2. The van der Waals surface area contributed by atoms with Crippen molar-refractivity contribution in [3.8, 4) is 5.69 Å². The summed E-state index contributed by atoms with van der Waals surface area (Å²) in [7, 11) is 0. The molecule has 1 aromatic heterocycles. The highest BCUT2D eigenvalue weighted by Gasteiger charge is 2.33. The lowest BCUT2D eigenvalue weighted by molar-refractivity contribution is 0.100. The van der Waals surface area contributed by atoms with Gasteiger partial charge < -0.3 is 11.1 Å². The first-order chi connectivity index (χ1) is 12.5.